The zero-order chi connectivity index (χ0) is 31.2. The second kappa shape index (κ2) is 13.9. The fourth-order valence-corrected chi connectivity index (χ4v) is 6.57. The number of likely N-dealkylation sites (tertiary alicyclic amines) is 1. The molecule has 3 aromatic rings. The van der Waals surface area contributed by atoms with Crippen LogP contribution in [0.15, 0.2) is 63.5 Å². The van der Waals surface area contributed by atoms with Gasteiger partial charge < -0.3 is 23.8 Å². The van der Waals surface area contributed by atoms with Gasteiger partial charge in [-0.05, 0) is 56.0 Å². The number of allylic oxidation sites excluding steroid dienone is 1. The van der Waals surface area contributed by atoms with Crippen molar-refractivity contribution in [2.75, 3.05) is 40.5 Å². The molecule has 1 aromatic heterocycles. The molecule has 232 valence electrons. The minimum atomic E-state index is -0.774. The molecule has 2 aliphatic rings. The Labute approximate surface area is 259 Å². The van der Waals surface area contributed by atoms with Gasteiger partial charge in [-0.2, -0.15) is 0 Å². The highest BCUT2D eigenvalue weighted by molar-refractivity contribution is 7.07. The van der Waals surface area contributed by atoms with Crippen molar-refractivity contribution in [2.24, 2.45) is 4.99 Å². The summed E-state index contributed by atoms with van der Waals surface area (Å²) in [5.41, 5.74) is 2.01. The first-order chi connectivity index (χ1) is 21.4. The van der Waals surface area contributed by atoms with Crippen LogP contribution in [-0.2, 0) is 14.3 Å². The van der Waals surface area contributed by atoms with Gasteiger partial charge in [0.05, 0.1) is 36.6 Å². The molecule has 0 bridgehead atoms. The van der Waals surface area contributed by atoms with Crippen LogP contribution in [0.2, 0.25) is 0 Å². The Balaban J connectivity index is 1.57. The Morgan fingerprint density at radius 1 is 1.02 bits per heavy atom. The maximum Gasteiger partial charge on any atom is 0.338 e. The number of ether oxygens (including phenoxy) is 4. The van der Waals surface area contributed by atoms with Gasteiger partial charge in [0.25, 0.3) is 11.5 Å². The van der Waals surface area contributed by atoms with Crippen molar-refractivity contribution in [2.45, 2.75) is 45.6 Å². The third kappa shape index (κ3) is 6.28. The highest BCUT2D eigenvalue weighted by Crippen LogP contribution is 2.37. The Kier molecular flexibility index (Phi) is 9.84. The zero-order valence-electron chi connectivity index (χ0n) is 25.5. The van der Waals surface area contributed by atoms with Gasteiger partial charge >= 0.3 is 5.97 Å². The topological polar surface area (TPSA) is 109 Å². The molecule has 2 aromatic carbocycles. The van der Waals surface area contributed by atoms with Crippen molar-refractivity contribution in [1.82, 2.24) is 9.47 Å². The number of fused-ring (bicyclic) bond motifs is 1. The number of benzene rings is 2. The Bertz CT molecular complexity index is 1750. The summed E-state index contributed by atoms with van der Waals surface area (Å²) in [5.74, 6) is 0.883. The first-order valence-electron chi connectivity index (χ1n) is 14.8. The predicted octanol–water partition coefficient (Wildman–Crippen LogP) is 3.60. The molecule has 2 aliphatic heterocycles. The Hall–Kier alpha value is -4.38. The molecule has 5 rings (SSSR count). The van der Waals surface area contributed by atoms with E-state index < -0.39 is 12.0 Å². The van der Waals surface area contributed by atoms with Crippen LogP contribution in [0.1, 0.15) is 56.7 Å². The maximum atomic E-state index is 14.1. The monoisotopic (exact) mass is 619 g/mol. The number of nitrogens with zero attached hydrogens (tertiary/aromatic N) is 3. The number of esters is 1. The third-order valence-corrected chi connectivity index (χ3v) is 8.60. The minimum absolute atomic E-state index is 0.0519. The third-order valence-electron chi connectivity index (χ3n) is 7.62. The van der Waals surface area contributed by atoms with Crippen LogP contribution in [0.5, 0.6) is 17.2 Å². The van der Waals surface area contributed by atoms with Crippen LogP contribution in [0, 0.1) is 0 Å². The van der Waals surface area contributed by atoms with E-state index in [4.69, 9.17) is 23.9 Å². The van der Waals surface area contributed by atoms with E-state index in [1.165, 1.54) is 18.4 Å². The summed E-state index contributed by atoms with van der Waals surface area (Å²) in [6.07, 6.45) is 5.09. The minimum Gasteiger partial charge on any atom is -0.496 e. The molecular weight excluding hydrogens is 582 g/mol. The lowest BCUT2D eigenvalue weighted by Gasteiger charge is -2.26. The van der Waals surface area contributed by atoms with Crippen LogP contribution >= 0.6 is 11.3 Å². The van der Waals surface area contributed by atoms with Crippen LogP contribution < -0.4 is 29.1 Å². The lowest BCUT2D eigenvalue weighted by molar-refractivity contribution is -0.139. The Morgan fingerprint density at radius 2 is 1.77 bits per heavy atom. The van der Waals surface area contributed by atoms with Crippen molar-refractivity contribution >= 4 is 29.3 Å². The van der Waals surface area contributed by atoms with Gasteiger partial charge in [-0.15, -0.1) is 0 Å². The number of amides is 1. The lowest BCUT2D eigenvalue weighted by atomic mass is 9.93. The maximum absolute atomic E-state index is 14.1. The van der Waals surface area contributed by atoms with Crippen molar-refractivity contribution in [3.05, 3.63) is 84.5 Å². The standard InChI is InChI=1S/C33H37N3O7S/c1-5-11-23-29(32(39)42-6-2)30(22-12-7-8-13-24(22)40-3)36-31(38)27(44-33(36)34-23)19-21-14-15-25(26(18-21)41-4)43-20-28(37)35-16-9-10-17-35/h7-8,12-15,18-19,30H,5-6,9-11,16-17,20H2,1-4H3/b27-19+/t30-/m1/s1. The molecule has 0 N–H and O–H groups in total. The molecule has 0 saturated carbocycles. The Morgan fingerprint density at radius 3 is 2.48 bits per heavy atom. The molecule has 11 heteroatoms. The second-order valence-corrected chi connectivity index (χ2v) is 11.5. The molecule has 10 nitrogen and oxygen atoms in total. The summed E-state index contributed by atoms with van der Waals surface area (Å²) in [7, 11) is 3.09. The summed E-state index contributed by atoms with van der Waals surface area (Å²) in [4.78, 5) is 47.1. The van der Waals surface area contributed by atoms with Gasteiger partial charge in [0.1, 0.15) is 11.8 Å². The first kappa shape index (κ1) is 31.1. The summed E-state index contributed by atoms with van der Waals surface area (Å²) >= 11 is 1.25. The molecule has 0 aliphatic carbocycles. The van der Waals surface area contributed by atoms with E-state index in [2.05, 4.69) is 0 Å². The fraction of sp³-hybridized carbons (Fsp3) is 0.394. The van der Waals surface area contributed by atoms with E-state index in [0.717, 1.165) is 32.4 Å². The summed E-state index contributed by atoms with van der Waals surface area (Å²) in [6, 6.07) is 11.9. The largest absolute Gasteiger partial charge is 0.496 e. The van der Waals surface area contributed by atoms with E-state index in [-0.39, 0.29) is 24.7 Å². The average Bonchev–Trinajstić information content (AvgIpc) is 3.68. The number of carbonyl (C=O) groups excluding carboxylic acids is 2. The van der Waals surface area contributed by atoms with Crippen LogP contribution in [0.25, 0.3) is 6.08 Å². The predicted molar refractivity (Wildman–Crippen MR) is 167 cm³/mol. The van der Waals surface area contributed by atoms with E-state index in [1.54, 1.807) is 47.8 Å². The van der Waals surface area contributed by atoms with Gasteiger partial charge in [-0.1, -0.05) is 48.9 Å². The van der Waals surface area contributed by atoms with Gasteiger partial charge in [0.15, 0.2) is 22.9 Å². The number of thiazole rings is 1. The number of aromatic nitrogens is 1. The molecule has 1 atom stereocenters. The van der Waals surface area contributed by atoms with Gasteiger partial charge in [-0.25, -0.2) is 9.79 Å². The first-order valence-corrected chi connectivity index (χ1v) is 15.6. The number of methoxy groups -OCH3 is 2. The molecule has 44 heavy (non-hydrogen) atoms. The van der Waals surface area contributed by atoms with Gasteiger partial charge in [-0.3, -0.25) is 14.2 Å². The number of hydrogen-bond donors (Lipinski definition) is 0. The number of carbonyl (C=O) groups is 2. The molecule has 0 radical (unpaired) electrons. The zero-order valence-corrected chi connectivity index (χ0v) is 26.3. The highest BCUT2D eigenvalue weighted by atomic mass is 32.1. The van der Waals surface area contributed by atoms with E-state index in [0.29, 0.717) is 55.4 Å². The summed E-state index contributed by atoms with van der Waals surface area (Å²) < 4.78 is 24.5. The summed E-state index contributed by atoms with van der Waals surface area (Å²) in [5, 5.41) is 0. The van der Waals surface area contributed by atoms with Gasteiger partial charge in [0, 0.05) is 18.7 Å². The van der Waals surface area contributed by atoms with Crippen LogP contribution in [-0.4, -0.2) is 61.9 Å². The van der Waals surface area contributed by atoms with E-state index in [1.807, 2.05) is 31.2 Å². The second-order valence-electron chi connectivity index (χ2n) is 10.4. The molecule has 0 spiro atoms. The SMILES string of the molecule is CCCC1=C(C(=O)OCC)[C@@H](c2ccccc2OC)n2c(s/c(=C/c3ccc(OCC(=O)N4CCCC4)c(OC)c3)c2=O)=N1. The molecular formula is C33H37N3O7S. The molecule has 0 unspecified atom stereocenters. The highest BCUT2D eigenvalue weighted by Gasteiger charge is 2.35. The molecule has 1 amide bonds. The summed E-state index contributed by atoms with van der Waals surface area (Å²) in [6.45, 7) is 5.41. The van der Waals surface area contributed by atoms with Crippen molar-refractivity contribution in [3.63, 3.8) is 0 Å². The normalized spacial score (nSPS) is 16.4. The molecule has 3 heterocycles. The quantitative estimate of drug-likeness (QED) is 0.302. The molecule has 1 saturated heterocycles. The van der Waals surface area contributed by atoms with Crippen LogP contribution in [0.4, 0.5) is 0 Å². The van der Waals surface area contributed by atoms with E-state index >= 15 is 0 Å². The lowest BCUT2D eigenvalue weighted by Crippen LogP contribution is -2.40. The number of rotatable bonds is 11. The van der Waals surface area contributed by atoms with Gasteiger partial charge in [0.2, 0.25) is 0 Å². The molecule has 1 fully saturated rings. The van der Waals surface area contributed by atoms with Crippen LogP contribution in [0.3, 0.4) is 0 Å². The number of hydrogen-bond acceptors (Lipinski definition) is 9. The van der Waals surface area contributed by atoms with E-state index in [9.17, 15) is 14.4 Å². The average molecular weight is 620 g/mol. The number of para-hydroxylation sites is 1. The smallest absolute Gasteiger partial charge is 0.338 e. The van der Waals surface area contributed by atoms with Crippen molar-refractivity contribution in [3.8, 4) is 17.2 Å². The van der Waals surface area contributed by atoms with Crippen molar-refractivity contribution < 1.29 is 28.5 Å². The fourth-order valence-electron chi connectivity index (χ4n) is 5.55. The van der Waals surface area contributed by atoms with Crippen molar-refractivity contribution in [1.29, 1.82) is 0 Å².